The summed E-state index contributed by atoms with van der Waals surface area (Å²) < 4.78 is 13.1. The third-order valence-corrected chi connectivity index (χ3v) is 2.09. The molecule has 0 aliphatic heterocycles. The Kier molecular flexibility index (Phi) is 2.61. The average Bonchev–Trinajstić information content (AvgIpc) is 1.82. The van der Waals surface area contributed by atoms with Crippen LogP contribution in [0.15, 0.2) is 21.5 Å². The van der Waals surface area contributed by atoms with Crippen molar-refractivity contribution in [3.63, 3.8) is 0 Å². The zero-order valence-corrected chi connectivity index (χ0v) is 7.97. The molecule has 0 bridgehead atoms. The van der Waals surface area contributed by atoms with E-state index in [1.54, 1.807) is 0 Å². The van der Waals surface area contributed by atoms with Gasteiger partial charge in [-0.1, -0.05) is 11.6 Å². The van der Waals surface area contributed by atoms with Gasteiger partial charge in [-0.05, 0) is 28.1 Å². The summed E-state index contributed by atoms with van der Waals surface area (Å²) in [6.45, 7) is 0. The van der Waals surface area contributed by atoms with Gasteiger partial charge in [-0.25, -0.2) is 4.39 Å². The Bertz CT molecular complexity index is 241. The number of halogens is 3. The number of thiol groups is 1. The SMILES string of the molecule is Fc1c(S)cc(Cl)cc1Br. The van der Waals surface area contributed by atoms with Gasteiger partial charge in [0.05, 0.1) is 4.47 Å². The fourth-order valence-electron chi connectivity index (χ4n) is 0.542. The summed E-state index contributed by atoms with van der Waals surface area (Å²) in [5, 5.41) is 0.471. The van der Waals surface area contributed by atoms with Crippen molar-refractivity contribution in [3.05, 3.63) is 27.4 Å². The lowest BCUT2D eigenvalue weighted by atomic mass is 10.3. The van der Waals surface area contributed by atoms with Crippen molar-refractivity contribution in [2.75, 3.05) is 0 Å². The molecule has 10 heavy (non-hydrogen) atoms. The maximum atomic E-state index is 12.7. The van der Waals surface area contributed by atoms with E-state index in [2.05, 4.69) is 28.6 Å². The molecule has 0 fully saturated rings. The Labute approximate surface area is 76.9 Å². The first kappa shape index (κ1) is 8.37. The molecule has 0 amide bonds. The summed E-state index contributed by atoms with van der Waals surface area (Å²) in [6.07, 6.45) is 0. The van der Waals surface area contributed by atoms with Gasteiger partial charge in [0.1, 0.15) is 0 Å². The monoisotopic (exact) mass is 240 g/mol. The van der Waals surface area contributed by atoms with Gasteiger partial charge in [0.2, 0.25) is 0 Å². The summed E-state index contributed by atoms with van der Waals surface area (Å²) in [5.41, 5.74) is 0. The van der Waals surface area contributed by atoms with E-state index in [-0.39, 0.29) is 10.7 Å². The molecule has 0 aliphatic carbocycles. The molecule has 0 heterocycles. The van der Waals surface area contributed by atoms with Gasteiger partial charge in [-0.2, -0.15) is 0 Å². The van der Waals surface area contributed by atoms with Crippen LogP contribution < -0.4 is 0 Å². The second-order valence-electron chi connectivity index (χ2n) is 1.72. The first-order valence-electron chi connectivity index (χ1n) is 2.45. The van der Waals surface area contributed by atoms with Crippen LogP contribution in [-0.4, -0.2) is 0 Å². The van der Waals surface area contributed by atoms with Crippen molar-refractivity contribution >= 4 is 40.2 Å². The molecule has 1 rings (SSSR count). The second-order valence-corrected chi connectivity index (χ2v) is 3.49. The van der Waals surface area contributed by atoms with Crippen molar-refractivity contribution in [2.24, 2.45) is 0 Å². The molecule has 4 heteroatoms. The third-order valence-electron chi connectivity index (χ3n) is 0.974. The largest absolute Gasteiger partial charge is 0.205 e. The van der Waals surface area contributed by atoms with E-state index in [0.717, 1.165) is 0 Å². The third kappa shape index (κ3) is 1.65. The maximum absolute atomic E-state index is 12.7. The van der Waals surface area contributed by atoms with E-state index in [9.17, 15) is 4.39 Å². The summed E-state index contributed by atoms with van der Waals surface area (Å²) in [5.74, 6) is -0.382. The van der Waals surface area contributed by atoms with Crippen LogP contribution >= 0.6 is 40.2 Å². The normalized spacial score (nSPS) is 10.0. The van der Waals surface area contributed by atoms with E-state index in [1.807, 2.05) is 0 Å². The summed E-state index contributed by atoms with van der Waals surface area (Å²) in [7, 11) is 0. The lowest BCUT2D eigenvalue weighted by Gasteiger charge is -1.97. The molecule has 0 saturated heterocycles. The maximum Gasteiger partial charge on any atom is 0.150 e. The van der Waals surface area contributed by atoms with Crippen LogP contribution in [0.25, 0.3) is 0 Å². The Hall–Kier alpha value is 0.270. The van der Waals surface area contributed by atoms with Gasteiger partial charge in [-0.3, -0.25) is 0 Å². The van der Waals surface area contributed by atoms with Gasteiger partial charge < -0.3 is 0 Å². The van der Waals surface area contributed by atoms with E-state index >= 15 is 0 Å². The van der Waals surface area contributed by atoms with E-state index in [1.165, 1.54) is 12.1 Å². The lowest BCUT2D eigenvalue weighted by Crippen LogP contribution is -1.79. The summed E-state index contributed by atoms with van der Waals surface area (Å²) >= 11 is 12.4. The highest BCUT2D eigenvalue weighted by molar-refractivity contribution is 9.10. The zero-order chi connectivity index (χ0) is 7.72. The van der Waals surface area contributed by atoms with Gasteiger partial charge in [0.25, 0.3) is 0 Å². The van der Waals surface area contributed by atoms with Crippen LogP contribution in [0.4, 0.5) is 4.39 Å². The highest BCUT2D eigenvalue weighted by Gasteiger charge is 2.03. The Balaban J connectivity index is 3.31. The molecule has 1 aromatic carbocycles. The second kappa shape index (κ2) is 3.11. The number of hydrogen-bond donors (Lipinski definition) is 1. The smallest absolute Gasteiger partial charge is 0.150 e. The van der Waals surface area contributed by atoms with Gasteiger partial charge in [0.15, 0.2) is 5.82 Å². The predicted molar refractivity (Wildman–Crippen MR) is 46.4 cm³/mol. The van der Waals surface area contributed by atoms with Gasteiger partial charge in [-0.15, -0.1) is 12.6 Å². The fraction of sp³-hybridized carbons (Fsp3) is 0. The topological polar surface area (TPSA) is 0 Å². The molecular weight excluding hydrogens is 238 g/mol. The minimum Gasteiger partial charge on any atom is -0.205 e. The Morgan fingerprint density at radius 1 is 1.50 bits per heavy atom. The lowest BCUT2D eigenvalue weighted by molar-refractivity contribution is 0.596. The first-order valence-corrected chi connectivity index (χ1v) is 4.06. The van der Waals surface area contributed by atoms with Crippen LogP contribution in [0.5, 0.6) is 0 Å². The van der Waals surface area contributed by atoms with Crippen molar-refractivity contribution in [3.8, 4) is 0 Å². The molecule has 0 atom stereocenters. The highest BCUT2D eigenvalue weighted by Crippen LogP contribution is 2.25. The minimum absolute atomic E-state index is 0.249. The molecule has 0 spiro atoms. The number of benzene rings is 1. The van der Waals surface area contributed by atoms with Crippen molar-refractivity contribution in [2.45, 2.75) is 4.90 Å². The first-order chi connectivity index (χ1) is 4.61. The molecule has 0 N–H and O–H groups in total. The van der Waals surface area contributed by atoms with Crippen LogP contribution in [0, 0.1) is 5.82 Å². The molecule has 0 unspecified atom stereocenters. The quantitative estimate of drug-likeness (QED) is 0.521. The van der Waals surface area contributed by atoms with Crippen LogP contribution in [0.3, 0.4) is 0 Å². The Morgan fingerprint density at radius 2 is 2.10 bits per heavy atom. The number of rotatable bonds is 0. The number of hydrogen-bond acceptors (Lipinski definition) is 1. The van der Waals surface area contributed by atoms with Crippen molar-refractivity contribution in [1.29, 1.82) is 0 Å². The molecule has 0 aliphatic rings. The molecule has 0 saturated carbocycles. The molecule has 1 aromatic rings. The van der Waals surface area contributed by atoms with Crippen molar-refractivity contribution < 1.29 is 4.39 Å². The fourth-order valence-corrected chi connectivity index (χ4v) is 1.84. The molecule has 0 nitrogen and oxygen atoms in total. The van der Waals surface area contributed by atoms with E-state index in [0.29, 0.717) is 9.50 Å². The molecule has 54 valence electrons. The highest BCUT2D eigenvalue weighted by atomic mass is 79.9. The van der Waals surface area contributed by atoms with Gasteiger partial charge in [0, 0.05) is 9.92 Å². The van der Waals surface area contributed by atoms with Crippen LogP contribution in [0.1, 0.15) is 0 Å². The Morgan fingerprint density at radius 3 is 2.60 bits per heavy atom. The minimum atomic E-state index is -0.382. The zero-order valence-electron chi connectivity index (χ0n) is 4.74. The van der Waals surface area contributed by atoms with E-state index in [4.69, 9.17) is 11.6 Å². The predicted octanol–water partition coefficient (Wildman–Crippen LogP) is 3.53. The van der Waals surface area contributed by atoms with Crippen LogP contribution in [-0.2, 0) is 0 Å². The van der Waals surface area contributed by atoms with Gasteiger partial charge >= 0.3 is 0 Å². The van der Waals surface area contributed by atoms with Crippen LogP contribution in [0.2, 0.25) is 5.02 Å². The standard InChI is InChI=1S/C6H3BrClFS/c7-4-1-3(8)2-5(10)6(4)9/h1-2,10H. The molecular formula is C6H3BrClFS. The molecule has 0 aromatic heterocycles. The van der Waals surface area contributed by atoms with Crippen molar-refractivity contribution in [1.82, 2.24) is 0 Å². The summed E-state index contributed by atoms with van der Waals surface area (Å²) in [6, 6.07) is 2.93. The molecule has 0 radical (unpaired) electrons. The average molecular weight is 242 g/mol. The summed E-state index contributed by atoms with van der Waals surface area (Å²) in [4.78, 5) is 0.249. The van der Waals surface area contributed by atoms with E-state index < -0.39 is 0 Å².